The minimum absolute atomic E-state index is 0.0446. The highest BCUT2D eigenvalue weighted by atomic mass is 16.6. The summed E-state index contributed by atoms with van der Waals surface area (Å²) in [4.78, 5) is 0. The van der Waals surface area contributed by atoms with Gasteiger partial charge in [0.25, 0.3) is 0 Å². The lowest BCUT2D eigenvalue weighted by molar-refractivity contribution is -0.132. The molecule has 3 aliphatic carbocycles. The van der Waals surface area contributed by atoms with E-state index in [-0.39, 0.29) is 16.9 Å². The zero-order valence-corrected chi connectivity index (χ0v) is 13.2. The van der Waals surface area contributed by atoms with E-state index in [0.717, 1.165) is 38.7 Å². The molecule has 0 aromatic heterocycles. The molecular weight excluding hydrogens is 264 g/mol. The van der Waals surface area contributed by atoms with Crippen LogP contribution >= 0.6 is 0 Å². The molecule has 2 saturated carbocycles. The summed E-state index contributed by atoms with van der Waals surface area (Å²) in [5.41, 5.74) is 1.74. The van der Waals surface area contributed by atoms with Gasteiger partial charge in [0.05, 0.1) is 12.7 Å². The van der Waals surface area contributed by atoms with Gasteiger partial charge in [0, 0.05) is 5.41 Å². The van der Waals surface area contributed by atoms with E-state index in [2.05, 4.69) is 19.9 Å². The number of allylic oxidation sites excluding steroid dienone is 1. The minimum Gasteiger partial charge on any atom is -0.393 e. The SMILES string of the molecule is CC12CCC(O)CC1=CCC1C2CCC2(C)C(O)OCC12. The predicted molar refractivity (Wildman–Crippen MR) is 80.4 cm³/mol. The summed E-state index contributed by atoms with van der Waals surface area (Å²) >= 11 is 0. The van der Waals surface area contributed by atoms with Crippen LogP contribution in [0.1, 0.15) is 52.4 Å². The van der Waals surface area contributed by atoms with Crippen LogP contribution in [0.2, 0.25) is 0 Å². The Balaban J connectivity index is 1.68. The lowest BCUT2D eigenvalue weighted by atomic mass is 9.48. The average Bonchev–Trinajstić information content (AvgIpc) is 2.76. The smallest absolute Gasteiger partial charge is 0.160 e. The average molecular weight is 292 g/mol. The van der Waals surface area contributed by atoms with E-state index >= 15 is 0 Å². The lowest BCUT2D eigenvalue weighted by Crippen LogP contribution is -2.51. The third-order valence-electron chi connectivity index (χ3n) is 7.51. The van der Waals surface area contributed by atoms with Crippen LogP contribution in [0, 0.1) is 28.6 Å². The molecule has 1 heterocycles. The second kappa shape index (κ2) is 4.56. The third kappa shape index (κ3) is 1.83. The summed E-state index contributed by atoms with van der Waals surface area (Å²) in [6, 6.07) is 0. The highest BCUT2D eigenvalue weighted by Crippen LogP contribution is 2.63. The van der Waals surface area contributed by atoms with Crippen LogP contribution in [0.3, 0.4) is 0 Å². The van der Waals surface area contributed by atoms with Crippen molar-refractivity contribution < 1.29 is 14.9 Å². The van der Waals surface area contributed by atoms with Gasteiger partial charge in [-0.1, -0.05) is 25.5 Å². The summed E-state index contributed by atoms with van der Waals surface area (Å²) < 4.78 is 5.63. The Kier molecular flexibility index (Phi) is 3.09. The Labute approximate surface area is 127 Å². The van der Waals surface area contributed by atoms with Gasteiger partial charge in [-0.2, -0.15) is 0 Å². The third-order valence-corrected chi connectivity index (χ3v) is 7.51. The Morgan fingerprint density at radius 3 is 2.76 bits per heavy atom. The second-order valence-electron chi connectivity index (χ2n) is 8.39. The van der Waals surface area contributed by atoms with Gasteiger partial charge in [-0.05, 0) is 61.7 Å². The molecule has 7 atom stereocenters. The standard InChI is InChI=1S/C18H28O3/c1-17-7-5-12(19)9-11(17)3-4-13-14(17)6-8-18(2)15(13)10-21-16(18)20/h3,12-16,19-20H,4-10H2,1-2H3. The number of ether oxygens (including phenoxy) is 1. The molecule has 2 N–H and O–H groups in total. The van der Waals surface area contributed by atoms with Crippen molar-refractivity contribution in [1.82, 2.24) is 0 Å². The predicted octanol–water partition coefficient (Wildman–Crippen LogP) is 2.86. The van der Waals surface area contributed by atoms with Crippen molar-refractivity contribution in [3.05, 3.63) is 11.6 Å². The van der Waals surface area contributed by atoms with Crippen LogP contribution in [0.25, 0.3) is 0 Å². The Bertz CT molecular complexity index is 473. The van der Waals surface area contributed by atoms with Crippen molar-refractivity contribution in [3.63, 3.8) is 0 Å². The molecule has 0 amide bonds. The molecule has 0 spiro atoms. The fourth-order valence-corrected chi connectivity index (χ4v) is 6.00. The molecule has 7 unspecified atom stereocenters. The van der Waals surface area contributed by atoms with Crippen LogP contribution in [-0.2, 0) is 4.74 Å². The van der Waals surface area contributed by atoms with Gasteiger partial charge in [-0.15, -0.1) is 0 Å². The zero-order valence-electron chi connectivity index (χ0n) is 13.2. The number of hydrogen-bond donors (Lipinski definition) is 2. The van der Waals surface area contributed by atoms with Gasteiger partial charge in [-0.3, -0.25) is 0 Å². The van der Waals surface area contributed by atoms with Crippen molar-refractivity contribution in [2.45, 2.75) is 64.8 Å². The van der Waals surface area contributed by atoms with Crippen molar-refractivity contribution in [2.24, 2.45) is 28.6 Å². The number of aliphatic hydroxyl groups is 2. The van der Waals surface area contributed by atoms with E-state index in [4.69, 9.17) is 4.74 Å². The summed E-state index contributed by atoms with van der Waals surface area (Å²) in [6.07, 6.45) is 8.03. The lowest BCUT2D eigenvalue weighted by Gasteiger charge is -2.56. The van der Waals surface area contributed by atoms with Crippen LogP contribution < -0.4 is 0 Å². The van der Waals surface area contributed by atoms with Crippen molar-refractivity contribution >= 4 is 0 Å². The molecule has 1 saturated heterocycles. The van der Waals surface area contributed by atoms with Crippen LogP contribution in [0.5, 0.6) is 0 Å². The first-order chi connectivity index (χ1) is 9.95. The number of fused-ring (bicyclic) bond motifs is 5. The molecule has 1 aliphatic heterocycles. The first-order valence-corrected chi connectivity index (χ1v) is 8.62. The molecular formula is C18H28O3. The van der Waals surface area contributed by atoms with Crippen molar-refractivity contribution in [3.8, 4) is 0 Å². The van der Waals surface area contributed by atoms with Crippen LogP contribution in [0.15, 0.2) is 11.6 Å². The fourth-order valence-electron chi connectivity index (χ4n) is 6.00. The molecule has 118 valence electrons. The van der Waals surface area contributed by atoms with E-state index in [1.165, 1.54) is 12.0 Å². The normalized spacial score (nSPS) is 56.2. The molecule has 0 radical (unpaired) electrons. The van der Waals surface area contributed by atoms with E-state index in [0.29, 0.717) is 17.8 Å². The highest BCUT2D eigenvalue weighted by Gasteiger charge is 2.59. The summed E-state index contributed by atoms with van der Waals surface area (Å²) in [5, 5.41) is 20.2. The molecule has 0 bridgehead atoms. The number of aliphatic hydroxyl groups excluding tert-OH is 2. The Hall–Kier alpha value is -0.380. The van der Waals surface area contributed by atoms with E-state index in [9.17, 15) is 10.2 Å². The molecule has 4 aliphatic rings. The van der Waals surface area contributed by atoms with Gasteiger partial charge >= 0.3 is 0 Å². The monoisotopic (exact) mass is 292 g/mol. The van der Waals surface area contributed by atoms with Gasteiger partial charge < -0.3 is 14.9 Å². The first-order valence-electron chi connectivity index (χ1n) is 8.62. The summed E-state index contributed by atoms with van der Waals surface area (Å²) in [6.45, 7) is 5.37. The van der Waals surface area contributed by atoms with E-state index in [1.807, 2.05) is 0 Å². The summed E-state index contributed by atoms with van der Waals surface area (Å²) in [7, 11) is 0. The van der Waals surface area contributed by atoms with Gasteiger partial charge in [0.1, 0.15) is 0 Å². The summed E-state index contributed by atoms with van der Waals surface area (Å²) in [5.74, 6) is 1.84. The first kappa shape index (κ1) is 14.2. The minimum atomic E-state index is -0.574. The maximum absolute atomic E-state index is 10.2. The second-order valence-corrected chi connectivity index (χ2v) is 8.39. The maximum Gasteiger partial charge on any atom is 0.160 e. The number of rotatable bonds is 0. The van der Waals surface area contributed by atoms with Gasteiger partial charge in [-0.25, -0.2) is 0 Å². The van der Waals surface area contributed by atoms with E-state index < -0.39 is 6.29 Å². The van der Waals surface area contributed by atoms with Crippen molar-refractivity contribution in [2.75, 3.05) is 6.61 Å². The van der Waals surface area contributed by atoms with Gasteiger partial charge in [0.2, 0.25) is 0 Å². The number of hydrogen-bond acceptors (Lipinski definition) is 3. The molecule has 3 fully saturated rings. The Morgan fingerprint density at radius 1 is 1.14 bits per heavy atom. The highest BCUT2D eigenvalue weighted by molar-refractivity contribution is 5.25. The largest absolute Gasteiger partial charge is 0.393 e. The quantitative estimate of drug-likeness (QED) is 0.675. The van der Waals surface area contributed by atoms with Crippen LogP contribution in [0.4, 0.5) is 0 Å². The topological polar surface area (TPSA) is 49.7 Å². The molecule has 3 heteroatoms. The molecule has 0 aromatic carbocycles. The Morgan fingerprint density at radius 2 is 1.95 bits per heavy atom. The van der Waals surface area contributed by atoms with Gasteiger partial charge in [0.15, 0.2) is 6.29 Å². The molecule has 21 heavy (non-hydrogen) atoms. The fraction of sp³-hybridized carbons (Fsp3) is 0.889. The molecule has 4 rings (SSSR count). The van der Waals surface area contributed by atoms with Crippen LogP contribution in [-0.4, -0.2) is 29.2 Å². The zero-order chi connectivity index (χ0) is 14.8. The van der Waals surface area contributed by atoms with E-state index in [1.54, 1.807) is 0 Å². The van der Waals surface area contributed by atoms with Crippen molar-refractivity contribution in [1.29, 1.82) is 0 Å². The maximum atomic E-state index is 10.2. The molecule has 3 nitrogen and oxygen atoms in total. The molecule has 0 aromatic rings.